The molecule has 6 nitrogen and oxygen atoms in total. The summed E-state index contributed by atoms with van der Waals surface area (Å²) < 4.78 is 5.46. The molecule has 6 heteroatoms. The van der Waals surface area contributed by atoms with E-state index in [1.165, 1.54) is 5.56 Å². The average molecular weight is 347 g/mol. The lowest BCUT2D eigenvalue weighted by Gasteiger charge is -2.28. The molecule has 3 N–H and O–H groups in total. The van der Waals surface area contributed by atoms with Crippen LogP contribution in [-0.2, 0) is 13.0 Å². The number of aromatic nitrogens is 3. The third-order valence-electron chi connectivity index (χ3n) is 4.83. The number of rotatable bonds is 3. The maximum atomic E-state index is 5.86. The van der Waals surface area contributed by atoms with Gasteiger partial charge in [0.1, 0.15) is 0 Å². The Morgan fingerprint density at radius 3 is 2.77 bits per heavy atom. The topological polar surface area (TPSA) is 86.0 Å². The largest absolute Gasteiger partial charge is 0.481 e. The summed E-state index contributed by atoms with van der Waals surface area (Å²) >= 11 is 0. The molecule has 3 heterocycles. The van der Waals surface area contributed by atoms with Crippen LogP contribution in [-0.4, -0.2) is 22.1 Å². The number of pyridine rings is 1. The zero-order valence-electron chi connectivity index (χ0n) is 14.9. The number of aryl methyl sites for hydroxylation is 1. The van der Waals surface area contributed by atoms with E-state index in [2.05, 4.69) is 38.5 Å². The van der Waals surface area contributed by atoms with E-state index in [0.717, 1.165) is 41.0 Å². The van der Waals surface area contributed by atoms with Crippen molar-refractivity contribution in [3.8, 4) is 17.0 Å². The van der Waals surface area contributed by atoms with Gasteiger partial charge in [-0.05, 0) is 30.2 Å². The second-order valence-electron chi connectivity index (χ2n) is 6.38. The van der Waals surface area contributed by atoms with Gasteiger partial charge >= 0.3 is 0 Å². The fourth-order valence-corrected chi connectivity index (χ4v) is 3.59. The monoisotopic (exact) mass is 347 g/mol. The minimum atomic E-state index is 0.136. The van der Waals surface area contributed by atoms with Crippen LogP contribution >= 0.6 is 0 Å². The van der Waals surface area contributed by atoms with Crippen LogP contribution in [0.15, 0.2) is 42.6 Å². The van der Waals surface area contributed by atoms with Gasteiger partial charge in [-0.3, -0.25) is 0 Å². The van der Waals surface area contributed by atoms with Crippen LogP contribution in [0, 0.1) is 6.92 Å². The van der Waals surface area contributed by atoms with Gasteiger partial charge in [-0.1, -0.05) is 24.3 Å². The number of ether oxygens (including phenoxy) is 1. The molecular formula is C20H21N5O. The number of nitrogens with zero attached hydrogens (tertiary/aromatic N) is 3. The molecule has 0 radical (unpaired) electrons. The molecule has 1 aliphatic rings. The molecular weight excluding hydrogens is 326 g/mol. The first-order valence-electron chi connectivity index (χ1n) is 8.61. The number of methoxy groups -OCH3 is 1. The molecule has 3 aromatic rings. The standard InChI is InChI=1S/C20H21N5O/c1-12-16-11-23-17(10-18(16)25-20(21)24-12)14-7-4-3-6-13(14)15-8-5-9-22-19(15)26-2/h3-9,17,23H,10-11H2,1-2H3,(H2,21,24,25). The van der Waals surface area contributed by atoms with Crippen LogP contribution in [0.1, 0.15) is 28.6 Å². The Morgan fingerprint density at radius 1 is 1.12 bits per heavy atom. The van der Waals surface area contributed by atoms with Gasteiger partial charge in [-0.25, -0.2) is 15.0 Å². The highest BCUT2D eigenvalue weighted by atomic mass is 16.5. The van der Waals surface area contributed by atoms with Crippen LogP contribution in [0.25, 0.3) is 11.1 Å². The van der Waals surface area contributed by atoms with Crippen molar-refractivity contribution in [1.82, 2.24) is 20.3 Å². The van der Waals surface area contributed by atoms with Crippen molar-refractivity contribution < 1.29 is 4.74 Å². The quantitative estimate of drug-likeness (QED) is 0.758. The summed E-state index contributed by atoms with van der Waals surface area (Å²) in [6, 6.07) is 12.4. The van der Waals surface area contributed by atoms with Gasteiger partial charge in [0.2, 0.25) is 11.8 Å². The maximum absolute atomic E-state index is 5.86. The number of nitrogen functional groups attached to an aromatic ring is 1. The fraction of sp³-hybridized carbons (Fsp3) is 0.250. The summed E-state index contributed by atoms with van der Waals surface area (Å²) in [6.07, 6.45) is 2.50. The van der Waals surface area contributed by atoms with Gasteiger partial charge in [0.25, 0.3) is 0 Å². The SMILES string of the molecule is COc1ncccc1-c1ccccc1C1Cc2nc(N)nc(C)c2CN1. The predicted octanol–water partition coefficient (Wildman–Crippen LogP) is 2.82. The van der Waals surface area contributed by atoms with Crippen molar-refractivity contribution in [2.24, 2.45) is 0 Å². The lowest BCUT2D eigenvalue weighted by Crippen LogP contribution is -2.31. The fourth-order valence-electron chi connectivity index (χ4n) is 3.59. The van der Waals surface area contributed by atoms with Crippen molar-refractivity contribution in [3.63, 3.8) is 0 Å². The number of benzene rings is 1. The van der Waals surface area contributed by atoms with Gasteiger partial charge < -0.3 is 15.8 Å². The molecule has 1 atom stereocenters. The van der Waals surface area contributed by atoms with E-state index in [9.17, 15) is 0 Å². The smallest absolute Gasteiger partial charge is 0.221 e. The summed E-state index contributed by atoms with van der Waals surface area (Å²) in [5.41, 5.74) is 12.3. The van der Waals surface area contributed by atoms with E-state index >= 15 is 0 Å². The molecule has 132 valence electrons. The summed E-state index contributed by atoms with van der Waals surface area (Å²) in [4.78, 5) is 13.1. The average Bonchev–Trinajstić information content (AvgIpc) is 2.67. The normalized spacial score (nSPS) is 16.2. The van der Waals surface area contributed by atoms with Crippen LogP contribution in [0.2, 0.25) is 0 Å². The molecule has 4 rings (SSSR count). The molecule has 1 aromatic carbocycles. The van der Waals surface area contributed by atoms with Crippen LogP contribution in [0.3, 0.4) is 0 Å². The van der Waals surface area contributed by atoms with Gasteiger partial charge in [-0.2, -0.15) is 0 Å². The van der Waals surface area contributed by atoms with Gasteiger partial charge in [-0.15, -0.1) is 0 Å². The number of nitrogens with two attached hydrogens (primary N) is 1. The molecule has 0 bridgehead atoms. The maximum Gasteiger partial charge on any atom is 0.221 e. The predicted molar refractivity (Wildman–Crippen MR) is 101 cm³/mol. The molecule has 0 amide bonds. The lowest BCUT2D eigenvalue weighted by atomic mass is 9.89. The molecule has 1 unspecified atom stereocenters. The highest BCUT2D eigenvalue weighted by Gasteiger charge is 2.25. The Hall–Kier alpha value is -2.99. The van der Waals surface area contributed by atoms with Crippen molar-refractivity contribution in [2.75, 3.05) is 12.8 Å². The van der Waals surface area contributed by atoms with E-state index < -0.39 is 0 Å². The van der Waals surface area contributed by atoms with E-state index in [-0.39, 0.29) is 6.04 Å². The van der Waals surface area contributed by atoms with Crippen molar-refractivity contribution in [3.05, 3.63) is 65.1 Å². The third-order valence-corrected chi connectivity index (χ3v) is 4.83. The summed E-state index contributed by atoms with van der Waals surface area (Å²) in [6.45, 7) is 2.71. The highest BCUT2D eigenvalue weighted by molar-refractivity contribution is 5.72. The first kappa shape index (κ1) is 16.5. The van der Waals surface area contributed by atoms with E-state index in [0.29, 0.717) is 11.8 Å². The van der Waals surface area contributed by atoms with Crippen LogP contribution in [0.4, 0.5) is 5.95 Å². The minimum Gasteiger partial charge on any atom is -0.481 e. The van der Waals surface area contributed by atoms with Gasteiger partial charge in [0, 0.05) is 42.0 Å². The van der Waals surface area contributed by atoms with Gasteiger partial charge in [0.15, 0.2) is 0 Å². The minimum absolute atomic E-state index is 0.136. The highest BCUT2D eigenvalue weighted by Crippen LogP contribution is 2.36. The van der Waals surface area contributed by atoms with Crippen molar-refractivity contribution in [2.45, 2.75) is 25.9 Å². The lowest BCUT2D eigenvalue weighted by molar-refractivity contribution is 0.399. The number of anilines is 1. The van der Waals surface area contributed by atoms with Crippen molar-refractivity contribution in [1.29, 1.82) is 0 Å². The molecule has 1 aliphatic heterocycles. The Labute approximate surface area is 152 Å². The summed E-state index contributed by atoms with van der Waals surface area (Å²) in [7, 11) is 1.64. The third kappa shape index (κ3) is 2.88. The molecule has 0 fully saturated rings. The Morgan fingerprint density at radius 2 is 1.92 bits per heavy atom. The van der Waals surface area contributed by atoms with Crippen LogP contribution < -0.4 is 15.8 Å². The second-order valence-corrected chi connectivity index (χ2v) is 6.38. The zero-order valence-corrected chi connectivity index (χ0v) is 14.9. The first-order chi connectivity index (χ1) is 12.7. The van der Waals surface area contributed by atoms with Crippen molar-refractivity contribution >= 4 is 5.95 Å². The number of hydrogen-bond donors (Lipinski definition) is 2. The zero-order chi connectivity index (χ0) is 18.1. The molecule has 26 heavy (non-hydrogen) atoms. The van der Waals surface area contributed by atoms with E-state index in [1.807, 2.05) is 25.1 Å². The second kappa shape index (κ2) is 6.72. The molecule has 0 spiro atoms. The van der Waals surface area contributed by atoms with E-state index in [1.54, 1.807) is 13.3 Å². The van der Waals surface area contributed by atoms with E-state index in [4.69, 9.17) is 10.5 Å². The Balaban J connectivity index is 1.76. The number of nitrogens with one attached hydrogen (secondary N) is 1. The number of hydrogen-bond acceptors (Lipinski definition) is 6. The van der Waals surface area contributed by atoms with Gasteiger partial charge in [0.05, 0.1) is 12.8 Å². The Bertz CT molecular complexity index is 957. The summed E-state index contributed by atoms with van der Waals surface area (Å²) in [5, 5.41) is 3.62. The molecule has 2 aromatic heterocycles. The molecule has 0 aliphatic carbocycles. The molecule has 0 saturated heterocycles. The Kier molecular flexibility index (Phi) is 4.26. The van der Waals surface area contributed by atoms with Crippen LogP contribution in [0.5, 0.6) is 5.88 Å². The number of fused-ring (bicyclic) bond motifs is 1. The first-order valence-corrected chi connectivity index (χ1v) is 8.61. The molecule has 0 saturated carbocycles. The summed E-state index contributed by atoms with van der Waals surface area (Å²) in [5.74, 6) is 0.961.